The predicted octanol–water partition coefficient (Wildman–Crippen LogP) is -4.30. The Morgan fingerprint density at radius 2 is 1.00 bits per heavy atom. The van der Waals surface area contributed by atoms with Crippen molar-refractivity contribution in [1.29, 1.82) is 0 Å². The first-order valence-electron chi connectivity index (χ1n) is 0.507. The van der Waals surface area contributed by atoms with Crippen molar-refractivity contribution in [2.75, 3.05) is 0 Å². The Balaban J connectivity index is -0.0000000450. The molecule has 0 aromatic heterocycles. The van der Waals surface area contributed by atoms with Crippen molar-refractivity contribution < 1.29 is 35.8 Å². The minimum atomic E-state index is -2.18. The largest absolute Gasteiger partial charge is 1.00 e. The zero-order valence-electron chi connectivity index (χ0n) is 2.96. The third kappa shape index (κ3) is 29.0. The Hall–Kier alpha value is 2.83. The third-order valence-corrected chi connectivity index (χ3v) is 0. The van der Waals surface area contributed by atoms with Gasteiger partial charge in [-0.05, 0) is 0 Å². The van der Waals surface area contributed by atoms with Crippen LogP contribution < -0.4 is 35.8 Å². The smallest absolute Gasteiger partial charge is 1.00 e. The second kappa shape index (κ2) is 10.7. The number of halogens is 4. The minimum absolute atomic E-state index is 0. The predicted molar refractivity (Wildman–Crippen MR) is 23.3 cm³/mol. The molecule has 0 aromatic carbocycles. The van der Waals surface area contributed by atoms with Crippen LogP contribution in [0.3, 0.4) is 0 Å². The summed E-state index contributed by atoms with van der Waals surface area (Å²) in [5.74, 6) is 0. The molecule has 0 bridgehead atoms. The van der Waals surface area contributed by atoms with Crippen molar-refractivity contribution in [3.05, 3.63) is 0 Å². The first kappa shape index (κ1) is 15.9. The van der Waals surface area contributed by atoms with E-state index in [9.17, 15) is 0 Å². The summed E-state index contributed by atoms with van der Waals surface area (Å²) in [6.45, 7) is 0. The summed E-state index contributed by atoms with van der Waals surface area (Å²) in [5.41, 5.74) is 0. The van der Waals surface area contributed by atoms with E-state index < -0.39 is 18.2 Å². The molecule has 0 aromatic rings. The molecule has 0 unspecified atom stereocenters. The van der Waals surface area contributed by atoms with Crippen LogP contribution in [0.15, 0.2) is 0 Å². The van der Waals surface area contributed by atoms with E-state index in [0.29, 0.717) is 0 Å². The first-order chi connectivity index (χ1) is 1.73. The van der Waals surface area contributed by atoms with Gasteiger partial charge in [0.25, 0.3) is 0 Å². The molecule has 0 amide bonds. The maximum Gasteiger partial charge on any atom is 1.00 e. The van der Waals surface area contributed by atoms with E-state index in [4.69, 9.17) is 25.5 Å². The van der Waals surface area contributed by atoms with E-state index in [1.54, 1.807) is 0 Å². The van der Waals surface area contributed by atoms with Crippen LogP contribution in [0.1, 0.15) is 0 Å². The zero-order valence-corrected chi connectivity index (χ0v) is 10.3. The van der Waals surface area contributed by atoms with Crippen LogP contribution in [-0.4, -0.2) is 18.2 Å². The number of hydrogen-bond acceptors (Lipinski definition) is 0. The average Bonchev–Trinajstić information content (AvgIpc) is 0.811. The van der Waals surface area contributed by atoms with Crippen LogP contribution in [-0.2, 0) is 0 Å². The van der Waals surface area contributed by atoms with Crippen molar-refractivity contribution >= 4 is 43.7 Å². The van der Waals surface area contributed by atoms with Gasteiger partial charge in [0.2, 0.25) is 0 Å². The van der Waals surface area contributed by atoms with E-state index in [1.807, 2.05) is 0 Å². The summed E-state index contributed by atoms with van der Waals surface area (Å²) in [5, 5.41) is 0. The van der Waals surface area contributed by atoms with Gasteiger partial charge < -0.3 is 17.0 Å². The van der Waals surface area contributed by atoms with Crippen molar-refractivity contribution in [1.82, 2.24) is 0 Å². The Bertz CT molecular complexity index is 15.5. The van der Waals surface area contributed by atoms with E-state index in [1.165, 1.54) is 0 Å². The molecule has 0 aliphatic rings. The standard InChI is InChI=1S/Bi.BrH.3ClH.Li/h;4*1H;/q+3;;;;;+1/p-4. The van der Waals surface area contributed by atoms with Gasteiger partial charge in [0.05, 0.1) is 0 Å². The molecule has 0 aliphatic carbocycles. The van der Waals surface area contributed by atoms with Gasteiger partial charge in [-0.15, -0.1) is 0 Å². The van der Waals surface area contributed by atoms with Gasteiger partial charge in [-0.1, -0.05) is 0 Å². The topological polar surface area (TPSA) is 0 Å². The summed E-state index contributed by atoms with van der Waals surface area (Å²) in [7, 11) is 15.0. The Labute approximate surface area is 78.2 Å². The van der Waals surface area contributed by atoms with Crippen LogP contribution in [0.4, 0.5) is 0 Å². The quantitative estimate of drug-likeness (QED) is 0.360. The normalized spacial score (nSPS) is 6.00. The molecule has 6 heteroatoms. The molecule has 0 heterocycles. The fourth-order valence-corrected chi connectivity index (χ4v) is 0. The second-order valence-corrected chi connectivity index (χ2v) is 15.1. The molecular formula is BiBrCl3Li. The van der Waals surface area contributed by atoms with E-state index in [0.717, 1.165) is 0 Å². The molecule has 0 aliphatic heterocycles. The fourth-order valence-electron chi connectivity index (χ4n) is 0. The Morgan fingerprint density at radius 1 is 1.00 bits per heavy atom. The molecule has 0 saturated carbocycles. The third-order valence-electron chi connectivity index (χ3n) is 0. The fraction of sp³-hybridized carbons (Fsp3) is 0. The second-order valence-electron chi connectivity index (χ2n) is 0.192. The molecule has 6 heavy (non-hydrogen) atoms. The zero-order chi connectivity index (χ0) is 3.58. The molecule has 0 spiro atoms. The van der Waals surface area contributed by atoms with Gasteiger partial charge in [-0.3, -0.25) is 0 Å². The monoisotopic (exact) mass is 400 g/mol. The SMILES string of the molecule is [Br-].[Cl][Bi]([Cl])[Cl].[Li+]. The van der Waals surface area contributed by atoms with Crippen LogP contribution >= 0.6 is 25.5 Å². The van der Waals surface area contributed by atoms with Crippen LogP contribution in [0.5, 0.6) is 0 Å². The molecule has 34 valence electrons. The van der Waals surface area contributed by atoms with E-state index >= 15 is 0 Å². The van der Waals surface area contributed by atoms with E-state index in [-0.39, 0.29) is 35.8 Å². The summed E-state index contributed by atoms with van der Waals surface area (Å²) in [6, 6.07) is 0. The van der Waals surface area contributed by atoms with Gasteiger partial charge >= 0.3 is 62.6 Å². The van der Waals surface area contributed by atoms with Gasteiger partial charge in [0, 0.05) is 0 Å². The molecule has 0 atom stereocenters. The molecule has 0 fully saturated rings. The van der Waals surface area contributed by atoms with Crippen LogP contribution in [0.2, 0.25) is 0 Å². The number of rotatable bonds is 0. The van der Waals surface area contributed by atoms with Crippen molar-refractivity contribution in [3.8, 4) is 0 Å². The van der Waals surface area contributed by atoms with Crippen molar-refractivity contribution in [2.24, 2.45) is 0 Å². The van der Waals surface area contributed by atoms with Gasteiger partial charge in [0.1, 0.15) is 0 Å². The van der Waals surface area contributed by atoms with Crippen molar-refractivity contribution in [3.63, 3.8) is 0 Å². The average molecular weight is 402 g/mol. The van der Waals surface area contributed by atoms with E-state index in [2.05, 4.69) is 0 Å². The molecule has 0 rings (SSSR count). The number of hydrogen-bond donors (Lipinski definition) is 0. The van der Waals surface area contributed by atoms with Gasteiger partial charge in [-0.2, -0.15) is 0 Å². The van der Waals surface area contributed by atoms with Gasteiger partial charge in [0.15, 0.2) is 0 Å². The summed E-state index contributed by atoms with van der Waals surface area (Å²) in [4.78, 5) is 0. The van der Waals surface area contributed by atoms with Gasteiger partial charge in [-0.25, -0.2) is 0 Å². The molecule has 0 N–H and O–H groups in total. The van der Waals surface area contributed by atoms with Crippen molar-refractivity contribution in [2.45, 2.75) is 0 Å². The first-order valence-corrected chi connectivity index (χ1v) is 13.3. The summed E-state index contributed by atoms with van der Waals surface area (Å²) >= 11 is -2.18. The molecule has 0 radical (unpaired) electrons. The maximum absolute atomic E-state index is 5.01. The molecule has 0 nitrogen and oxygen atoms in total. The Morgan fingerprint density at radius 3 is 1.00 bits per heavy atom. The summed E-state index contributed by atoms with van der Waals surface area (Å²) in [6.07, 6.45) is 0. The molecule has 0 saturated heterocycles. The summed E-state index contributed by atoms with van der Waals surface area (Å²) < 4.78 is 0. The molecular weight excluding hydrogens is 402 g/mol. The van der Waals surface area contributed by atoms with Crippen LogP contribution in [0, 0.1) is 0 Å². The Kier molecular flexibility index (Phi) is 28.5. The maximum atomic E-state index is 5.01. The van der Waals surface area contributed by atoms with Crippen LogP contribution in [0.25, 0.3) is 0 Å². The minimum Gasteiger partial charge on any atom is 1.00 e.